The molecular formula is C18H27FN2O2. The first kappa shape index (κ1) is 17.7. The van der Waals surface area contributed by atoms with Crippen molar-refractivity contribution in [3.05, 3.63) is 29.6 Å². The van der Waals surface area contributed by atoms with Gasteiger partial charge in [0.2, 0.25) is 0 Å². The van der Waals surface area contributed by atoms with Crippen LogP contribution in [0.15, 0.2) is 18.2 Å². The number of nitrogens with zero attached hydrogens (tertiary/aromatic N) is 2. The van der Waals surface area contributed by atoms with E-state index in [-0.39, 0.29) is 17.2 Å². The normalized spacial score (nSPS) is 16.5. The Hall–Kier alpha value is -1.62. The van der Waals surface area contributed by atoms with Gasteiger partial charge in [-0.05, 0) is 30.0 Å². The topological polar surface area (TPSA) is 32.8 Å². The van der Waals surface area contributed by atoms with E-state index in [0.717, 1.165) is 18.7 Å². The predicted molar refractivity (Wildman–Crippen MR) is 90.4 cm³/mol. The van der Waals surface area contributed by atoms with Crippen LogP contribution < -0.4 is 4.90 Å². The molecule has 1 fully saturated rings. The molecule has 1 saturated heterocycles. The summed E-state index contributed by atoms with van der Waals surface area (Å²) in [4.78, 5) is 15.6. The number of ether oxygens (including phenoxy) is 1. The van der Waals surface area contributed by atoms with Crippen LogP contribution >= 0.6 is 0 Å². The molecule has 0 atom stereocenters. The predicted octanol–water partition coefficient (Wildman–Crippen LogP) is 2.81. The van der Waals surface area contributed by atoms with Gasteiger partial charge in [-0.1, -0.05) is 26.8 Å². The second-order valence-electron chi connectivity index (χ2n) is 6.98. The SMILES string of the molecule is CCOC(=O)CN1CCN(c2ccc(C(C)(C)C)cc2F)CC1. The van der Waals surface area contributed by atoms with Crippen molar-refractivity contribution in [1.29, 1.82) is 0 Å². The molecular weight excluding hydrogens is 295 g/mol. The Morgan fingerprint density at radius 2 is 1.87 bits per heavy atom. The minimum Gasteiger partial charge on any atom is -0.465 e. The van der Waals surface area contributed by atoms with E-state index in [1.807, 2.05) is 17.0 Å². The third kappa shape index (κ3) is 4.67. The lowest BCUT2D eigenvalue weighted by Gasteiger charge is -2.36. The molecule has 2 rings (SSSR count). The van der Waals surface area contributed by atoms with Gasteiger partial charge in [0.1, 0.15) is 5.82 Å². The maximum absolute atomic E-state index is 14.4. The van der Waals surface area contributed by atoms with Crippen molar-refractivity contribution < 1.29 is 13.9 Å². The van der Waals surface area contributed by atoms with Crippen LogP contribution in [0.4, 0.5) is 10.1 Å². The van der Waals surface area contributed by atoms with Crippen molar-refractivity contribution in [1.82, 2.24) is 4.90 Å². The lowest BCUT2D eigenvalue weighted by atomic mass is 9.87. The smallest absolute Gasteiger partial charge is 0.320 e. The molecule has 1 heterocycles. The highest BCUT2D eigenvalue weighted by atomic mass is 19.1. The summed E-state index contributed by atoms with van der Waals surface area (Å²) in [6.45, 7) is 11.7. The van der Waals surface area contributed by atoms with Crippen LogP contribution in [0.25, 0.3) is 0 Å². The summed E-state index contributed by atoms with van der Waals surface area (Å²) >= 11 is 0. The fraction of sp³-hybridized carbons (Fsp3) is 0.611. The highest BCUT2D eigenvalue weighted by Gasteiger charge is 2.22. The number of rotatable bonds is 4. The maximum Gasteiger partial charge on any atom is 0.320 e. The molecule has 1 aliphatic rings. The van der Waals surface area contributed by atoms with Gasteiger partial charge in [0.25, 0.3) is 0 Å². The molecule has 0 unspecified atom stereocenters. The number of benzene rings is 1. The molecule has 4 nitrogen and oxygen atoms in total. The molecule has 128 valence electrons. The van der Waals surface area contributed by atoms with E-state index >= 15 is 0 Å². The Morgan fingerprint density at radius 3 is 2.39 bits per heavy atom. The number of carbonyl (C=O) groups is 1. The molecule has 1 aromatic carbocycles. The fourth-order valence-corrected chi connectivity index (χ4v) is 2.77. The third-order valence-electron chi connectivity index (χ3n) is 4.18. The van der Waals surface area contributed by atoms with Gasteiger partial charge >= 0.3 is 5.97 Å². The lowest BCUT2D eigenvalue weighted by Crippen LogP contribution is -2.48. The number of piperazine rings is 1. The van der Waals surface area contributed by atoms with Gasteiger partial charge < -0.3 is 9.64 Å². The van der Waals surface area contributed by atoms with Gasteiger partial charge in [0, 0.05) is 26.2 Å². The van der Waals surface area contributed by atoms with Crippen molar-refractivity contribution in [3.8, 4) is 0 Å². The maximum atomic E-state index is 14.4. The van der Waals surface area contributed by atoms with Crippen LogP contribution in [0.5, 0.6) is 0 Å². The molecule has 0 N–H and O–H groups in total. The van der Waals surface area contributed by atoms with Crippen molar-refractivity contribution >= 4 is 11.7 Å². The molecule has 0 saturated carbocycles. The minimum absolute atomic E-state index is 0.0578. The number of esters is 1. The summed E-state index contributed by atoms with van der Waals surface area (Å²) < 4.78 is 19.4. The van der Waals surface area contributed by atoms with Crippen LogP contribution in [0, 0.1) is 5.82 Å². The summed E-state index contributed by atoms with van der Waals surface area (Å²) in [6, 6.07) is 5.51. The largest absolute Gasteiger partial charge is 0.465 e. The molecule has 0 aliphatic carbocycles. The van der Waals surface area contributed by atoms with E-state index in [2.05, 4.69) is 25.7 Å². The van der Waals surface area contributed by atoms with Crippen LogP contribution in [-0.4, -0.2) is 50.2 Å². The molecule has 0 bridgehead atoms. The Kier molecular flexibility index (Phi) is 5.63. The highest BCUT2D eigenvalue weighted by Crippen LogP contribution is 2.28. The Balaban J connectivity index is 1.96. The minimum atomic E-state index is -0.193. The number of hydrogen-bond donors (Lipinski definition) is 0. The fourth-order valence-electron chi connectivity index (χ4n) is 2.77. The first-order valence-corrected chi connectivity index (χ1v) is 8.24. The molecule has 0 amide bonds. The average molecular weight is 322 g/mol. The van der Waals surface area contributed by atoms with Crippen molar-refractivity contribution in [2.24, 2.45) is 0 Å². The second-order valence-corrected chi connectivity index (χ2v) is 6.98. The molecule has 0 spiro atoms. The average Bonchev–Trinajstić information content (AvgIpc) is 2.47. The van der Waals surface area contributed by atoms with Crippen molar-refractivity contribution in [2.75, 3.05) is 44.2 Å². The van der Waals surface area contributed by atoms with Crippen LogP contribution in [0.3, 0.4) is 0 Å². The summed E-state index contributed by atoms with van der Waals surface area (Å²) in [6.07, 6.45) is 0. The Bertz CT molecular complexity index is 546. The summed E-state index contributed by atoms with van der Waals surface area (Å²) in [5, 5.41) is 0. The van der Waals surface area contributed by atoms with E-state index in [4.69, 9.17) is 4.74 Å². The Morgan fingerprint density at radius 1 is 1.22 bits per heavy atom. The van der Waals surface area contributed by atoms with Gasteiger partial charge in [-0.25, -0.2) is 4.39 Å². The van der Waals surface area contributed by atoms with Crippen LogP contribution in [-0.2, 0) is 14.9 Å². The van der Waals surface area contributed by atoms with Crippen LogP contribution in [0.1, 0.15) is 33.3 Å². The van der Waals surface area contributed by atoms with E-state index < -0.39 is 0 Å². The summed E-state index contributed by atoms with van der Waals surface area (Å²) in [7, 11) is 0. The van der Waals surface area contributed by atoms with Gasteiger partial charge in [-0.3, -0.25) is 9.69 Å². The van der Waals surface area contributed by atoms with Gasteiger partial charge in [-0.15, -0.1) is 0 Å². The van der Waals surface area contributed by atoms with E-state index in [9.17, 15) is 9.18 Å². The quantitative estimate of drug-likeness (QED) is 0.798. The van der Waals surface area contributed by atoms with Gasteiger partial charge in [-0.2, -0.15) is 0 Å². The van der Waals surface area contributed by atoms with Crippen molar-refractivity contribution in [2.45, 2.75) is 33.1 Å². The van der Waals surface area contributed by atoms with E-state index in [1.165, 1.54) is 0 Å². The zero-order chi connectivity index (χ0) is 17.0. The monoisotopic (exact) mass is 322 g/mol. The molecule has 23 heavy (non-hydrogen) atoms. The number of halogens is 1. The summed E-state index contributed by atoms with van der Waals surface area (Å²) in [5.74, 6) is -0.363. The van der Waals surface area contributed by atoms with E-state index in [1.54, 1.807) is 13.0 Å². The standard InChI is InChI=1S/C18H27FN2O2/c1-5-23-17(22)13-20-8-10-21(11-9-20)16-7-6-14(12-15(16)19)18(2,3)4/h6-7,12H,5,8-11,13H2,1-4H3. The first-order valence-electron chi connectivity index (χ1n) is 8.24. The van der Waals surface area contributed by atoms with Crippen molar-refractivity contribution in [3.63, 3.8) is 0 Å². The molecule has 0 radical (unpaired) electrons. The Labute approximate surface area is 138 Å². The zero-order valence-corrected chi connectivity index (χ0v) is 14.6. The van der Waals surface area contributed by atoms with Crippen LogP contribution in [0.2, 0.25) is 0 Å². The number of carbonyl (C=O) groups excluding carboxylic acids is 1. The number of hydrogen-bond acceptors (Lipinski definition) is 4. The van der Waals surface area contributed by atoms with E-state index in [0.29, 0.717) is 31.9 Å². The third-order valence-corrected chi connectivity index (χ3v) is 4.18. The molecule has 1 aliphatic heterocycles. The first-order chi connectivity index (χ1) is 10.8. The van der Waals surface area contributed by atoms with Gasteiger partial charge in [0.15, 0.2) is 0 Å². The zero-order valence-electron chi connectivity index (χ0n) is 14.6. The highest BCUT2D eigenvalue weighted by molar-refractivity contribution is 5.71. The summed E-state index contributed by atoms with van der Waals surface area (Å²) in [5.41, 5.74) is 1.59. The molecule has 5 heteroatoms. The lowest BCUT2D eigenvalue weighted by molar-refractivity contribution is -0.144. The number of anilines is 1. The van der Waals surface area contributed by atoms with Gasteiger partial charge in [0.05, 0.1) is 18.8 Å². The molecule has 0 aromatic heterocycles. The molecule has 1 aromatic rings. The second kappa shape index (κ2) is 7.30.